The fraction of sp³-hybridized carbons (Fsp3) is 0.115. The molecule has 10 heteroatoms. The highest BCUT2D eigenvalue weighted by Gasteiger charge is 2.33. The first-order valence-electron chi connectivity index (χ1n) is 10.8. The second-order valence-electron chi connectivity index (χ2n) is 7.52. The molecule has 0 radical (unpaired) electrons. The molecule has 0 atom stereocenters. The number of nitrogens with one attached hydrogen (secondary N) is 1. The van der Waals surface area contributed by atoms with Gasteiger partial charge >= 0.3 is 0 Å². The van der Waals surface area contributed by atoms with E-state index in [9.17, 15) is 9.59 Å². The van der Waals surface area contributed by atoms with Crippen molar-refractivity contribution in [3.63, 3.8) is 0 Å². The van der Waals surface area contributed by atoms with E-state index in [1.54, 1.807) is 54.6 Å². The number of carbonyl (C=O) groups excluding carboxylic acids is 2. The molecular formula is C26H20Cl2N2O4S2. The molecule has 3 aromatic carbocycles. The molecule has 1 aliphatic rings. The third-order valence-corrected chi connectivity index (χ3v) is 6.79. The number of nitrogens with zero attached hydrogens (tertiary/aromatic N) is 1. The van der Waals surface area contributed by atoms with Crippen molar-refractivity contribution >= 4 is 69.4 Å². The number of hydrogen-bond acceptors (Lipinski definition) is 6. The van der Waals surface area contributed by atoms with Gasteiger partial charge in [-0.3, -0.25) is 15.0 Å². The highest BCUT2D eigenvalue weighted by Crippen LogP contribution is 2.34. The monoisotopic (exact) mass is 558 g/mol. The van der Waals surface area contributed by atoms with Crippen LogP contribution < -0.4 is 14.9 Å². The lowest BCUT2D eigenvalue weighted by molar-refractivity contribution is -0.123. The Bertz CT molecular complexity index is 1330. The van der Waals surface area contributed by atoms with Crippen LogP contribution in [0.25, 0.3) is 6.08 Å². The predicted molar refractivity (Wildman–Crippen MR) is 147 cm³/mol. The molecule has 1 aliphatic heterocycles. The van der Waals surface area contributed by atoms with Gasteiger partial charge in [0.2, 0.25) is 0 Å². The lowest BCUT2D eigenvalue weighted by atomic mass is 10.1. The van der Waals surface area contributed by atoms with Gasteiger partial charge in [-0.2, -0.15) is 5.01 Å². The van der Waals surface area contributed by atoms with Crippen LogP contribution in [0.1, 0.15) is 28.4 Å². The van der Waals surface area contributed by atoms with Gasteiger partial charge in [-0.25, -0.2) is 0 Å². The van der Waals surface area contributed by atoms with Crippen LogP contribution in [0.15, 0.2) is 71.6 Å². The molecule has 1 saturated heterocycles. The summed E-state index contributed by atoms with van der Waals surface area (Å²) in [5.74, 6) is 0.233. The Balaban J connectivity index is 1.48. The minimum Gasteiger partial charge on any atom is -0.490 e. The topological polar surface area (TPSA) is 67.9 Å². The second kappa shape index (κ2) is 11.8. The van der Waals surface area contributed by atoms with E-state index < -0.39 is 11.8 Å². The van der Waals surface area contributed by atoms with Crippen LogP contribution >= 0.6 is 47.2 Å². The van der Waals surface area contributed by atoms with Gasteiger partial charge in [0.05, 0.1) is 11.5 Å². The number of amides is 2. The molecule has 0 aliphatic carbocycles. The van der Waals surface area contributed by atoms with Gasteiger partial charge in [-0.15, -0.1) is 0 Å². The molecule has 36 heavy (non-hydrogen) atoms. The Morgan fingerprint density at radius 3 is 2.33 bits per heavy atom. The maximum Gasteiger partial charge on any atom is 0.285 e. The number of thiocarbonyl (C=S) groups is 1. The van der Waals surface area contributed by atoms with Gasteiger partial charge in [0, 0.05) is 15.6 Å². The van der Waals surface area contributed by atoms with E-state index in [4.69, 9.17) is 44.9 Å². The molecule has 1 N–H and O–H groups in total. The standard InChI is InChI=1S/C26H20Cl2N2O4S2/c1-2-33-22-13-17(5-12-21(22)34-15-16-3-8-19(27)9-4-16)14-23-25(32)30(26(35)36-23)29-24(31)18-6-10-20(28)11-7-18/h3-14H,2,15H2,1H3,(H,29,31)/b23-14+. The van der Waals surface area contributed by atoms with Gasteiger partial charge in [0.25, 0.3) is 11.8 Å². The average Bonchev–Trinajstić information content (AvgIpc) is 3.12. The normalized spacial score (nSPS) is 14.3. The Labute approximate surface area is 228 Å². The molecule has 0 unspecified atom stereocenters. The zero-order chi connectivity index (χ0) is 25.7. The Morgan fingerprint density at radius 2 is 1.67 bits per heavy atom. The van der Waals surface area contributed by atoms with Gasteiger partial charge in [0.15, 0.2) is 15.8 Å². The highest BCUT2D eigenvalue weighted by molar-refractivity contribution is 8.26. The molecule has 184 valence electrons. The minimum absolute atomic E-state index is 0.224. The van der Waals surface area contributed by atoms with Crippen LogP contribution in [0.2, 0.25) is 10.0 Å². The fourth-order valence-electron chi connectivity index (χ4n) is 3.23. The Kier molecular flexibility index (Phi) is 8.53. The van der Waals surface area contributed by atoms with Crippen molar-refractivity contribution in [1.82, 2.24) is 10.4 Å². The molecule has 1 heterocycles. The summed E-state index contributed by atoms with van der Waals surface area (Å²) in [7, 11) is 0. The van der Waals surface area contributed by atoms with E-state index in [1.165, 1.54) is 0 Å². The summed E-state index contributed by atoms with van der Waals surface area (Å²) >= 11 is 18.2. The number of hydrazine groups is 1. The van der Waals surface area contributed by atoms with Gasteiger partial charge in [-0.05, 0) is 84.9 Å². The van der Waals surface area contributed by atoms with Crippen molar-refractivity contribution in [2.75, 3.05) is 6.61 Å². The molecule has 0 saturated carbocycles. The highest BCUT2D eigenvalue weighted by atomic mass is 35.5. The van der Waals surface area contributed by atoms with E-state index in [1.807, 2.05) is 25.1 Å². The zero-order valence-electron chi connectivity index (χ0n) is 19.0. The molecule has 0 spiro atoms. The largest absolute Gasteiger partial charge is 0.490 e. The van der Waals surface area contributed by atoms with Gasteiger partial charge in [-0.1, -0.05) is 53.2 Å². The smallest absolute Gasteiger partial charge is 0.285 e. The van der Waals surface area contributed by atoms with Crippen molar-refractivity contribution in [1.29, 1.82) is 0 Å². The van der Waals surface area contributed by atoms with Crippen LogP contribution in [0.5, 0.6) is 11.5 Å². The predicted octanol–water partition coefficient (Wildman–Crippen LogP) is 6.52. The minimum atomic E-state index is -0.468. The zero-order valence-corrected chi connectivity index (χ0v) is 22.1. The first-order valence-corrected chi connectivity index (χ1v) is 12.8. The van der Waals surface area contributed by atoms with Crippen molar-refractivity contribution in [2.45, 2.75) is 13.5 Å². The average molecular weight is 559 g/mol. The molecule has 3 aromatic rings. The summed E-state index contributed by atoms with van der Waals surface area (Å²) in [6.07, 6.45) is 1.69. The number of halogens is 2. The number of benzene rings is 3. The van der Waals surface area contributed by atoms with E-state index >= 15 is 0 Å². The number of rotatable bonds is 8. The Hall–Kier alpha value is -3.04. The van der Waals surface area contributed by atoms with Crippen molar-refractivity contribution in [2.24, 2.45) is 0 Å². The van der Waals surface area contributed by atoms with Crippen LogP contribution in [0.4, 0.5) is 0 Å². The first kappa shape index (κ1) is 26.0. The fourth-order valence-corrected chi connectivity index (χ4v) is 4.66. The molecule has 0 aromatic heterocycles. The van der Waals surface area contributed by atoms with Gasteiger partial charge < -0.3 is 9.47 Å². The molecule has 6 nitrogen and oxygen atoms in total. The quantitative estimate of drug-likeness (QED) is 0.251. The van der Waals surface area contributed by atoms with E-state index in [0.717, 1.165) is 27.9 Å². The summed E-state index contributed by atoms with van der Waals surface area (Å²) in [5, 5.41) is 2.23. The summed E-state index contributed by atoms with van der Waals surface area (Å²) in [5.41, 5.74) is 4.60. The van der Waals surface area contributed by atoms with E-state index in [0.29, 0.717) is 45.2 Å². The second-order valence-corrected chi connectivity index (χ2v) is 10.1. The summed E-state index contributed by atoms with van der Waals surface area (Å²) in [6.45, 7) is 2.67. The van der Waals surface area contributed by atoms with Crippen LogP contribution in [0, 0.1) is 0 Å². The molecule has 1 fully saturated rings. The Morgan fingerprint density at radius 1 is 1.00 bits per heavy atom. The van der Waals surface area contributed by atoms with Crippen molar-refractivity contribution < 1.29 is 19.1 Å². The summed E-state index contributed by atoms with van der Waals surface area (Å²) < 4.78 is 11.9. The molecule has 4 rings (SSSR count). The lowest BCUT2D eigenvalue weighted by Crippen LogP contribution is -2.44. The van der Waals surface area contributed by atoms with Crippen LogP contribution in [-0.4, -0.2) is 27.8 Å². The first-order chi connectivity index (χ1) is 17.3. The summed E-state index contributed by atoms with van der Waals surface area (Å²) in [4.78, 5) is 25.8. The van der Waals surface area contributed by atoms with Crippen LogP contribution in [-0.2, 0) is 11.4 Å². The third kappa shape index (κ3) is 6.39. The lowest BCUT2D eigenvalue weighted by Gasteiger charge is -2.15. The number of hydrogen-bond donors (Lipinski definition) is 1. The maximum atomic E-state index is 13.0. The van der Waals surface area contributed by atoms with Crippen molar-refractivity contribution in [3.05, 3.63) is 98.4 Å². The SMILES string of the molecule is CCOc1cc(/C=C2/SC(=S)N(NC(=O)c3ccc(Cl)cc3)C2=O)ccc1OCc1ccc(Cl)cc1. The number of thioether (sulfide) groups is 1. The molecule has 0 bridgehead atoms. The molecular weight excluding hydrogens is 539 g/mol. The summed E-state index contributed by atoms with van der Waals surface area (Å²) in [6, 6.07) is 19.1. The van der Waals surface area contributed by atoms with Crippen molar-refractivity contribution in [3.8, 4) is 11.5 Å². The number of carbonyl (C=O) groups is 2. The van der Waals surface area contributed by atoms with E-state index in [2.05, 4.69) is 5.43 Å². The molecule has 2 amide bonds. The maximum absolute atomic E-state index is 13.0. The number of ether oxygens (including phenoxy) is 2. The van der Waals surface area contributed by atoms with Crippen LogP contribution in [0.3, 0.4) is 0 Å². The third-order valence-electron chi connectivity index (χ3n) is 4.99. The van der Waals surface area contributed by atoms with Gasteiger partial charge in [0.1, 0.15) is 6.61 Å². The van der Waals surface area contributed by atoms with E-state index in [-0.39, 0.29) is 4.32 Å².